The molecule has 0 saturated carbocycles. The number of methoxy groups -OCH3 is 1. The zero-order chi connectivity index (χ0) is 16.8. The normalized spacial score (nSPS) is 10.2. The van der Waals surface area contributed by atoms with Crippen LogP contribution < -0.4 is 4.74 Å². The van der Waals surface area contributed by atoms with Crippen molar-refractivity contribution in [3.8, 4) is 16.9 Å². The van der Waals surface area contributed by atoms with Crippen molar-refractivity contribution in [1.29, 1.82) is 0 Å². The first-order valence-corrected chi connectivity index (χ1v) is 7.10. The first-order valence-electron chi connectivity index (χ1n) is 7.10. The van der Waals surface area contributed by atoms with Crippen LogP contribution in [0.5, 0.6) is 5.75 Å². The zero-order valence-electron chi connectivity index (χ0n) is 13.1. The third-order valence-corrected chi connectivity index (χ3v) is 3.00. The molecule has 2 rings (SSSR count). The number of hydrogen-bond donors (Lipinski definition) is 0. The molecule has 7 nitrogen and oxygen atoms in total. The Balaban J connectivity index is 2.52. The van der Waals surface area contributed by atoms with E-state index in [9.17, 15) is 9.59 Å². The van der Waals surface area contributed by atoms with Crippen molar-refractivity contribution in [1.82, 2.24) is 5.16 Å². The molecule has 0 bridgehead atoms. The second-order valence-corrected chi connectivity index (χ2v) is 4.40. The highest BCUT2D eigenvalue weighted by atomic mass is 16.6. The summed E-state index contributed by atoms with van der Waals surface area (Å²) >= 11 is 0. The van der Waals surface area contributed by atoms with E-state index >= 15 is 0 Å². The van der Waals surface area contributed by atoms with Gasteiger partial charge in [0, 0.05) is 0 Å². The van der Waals surface area contributed by atoms with Gasteiger partial charge in [0.2, 0.25) is 0 Å². The maximum atomic E-state index is 12.0. The third kappa shape index (κ3) is 3.50. The van der Waals surface area contributed by atoms with Crippen molar-refractivity contribution in [3.63, 3.8) is 0 Å². The molecule has 0 amide bonds. The van der Waals surface area contributed by atoms with Gasteiger partial charge in [-0.3, -0.25) is 0 Å². The Labute approximate surface area is 133 Å². The molecule has 0 unspecified atom stereocenters. The van der Waals surface area contributed by atoms with Gasteiger partial charge in [-0.05, 0) is 31.5 Å². The SMILES string of the molecule is CCOC(=O)c1noc(C(=O)OCC)c1-c1ccc(OC)cc1. The van der Waals surface area contributed by atoms with Gasteiger partial charge in [-0.2, -0.15) is 0 Å². The molecule has 0 saturated heterocycles. The monoisotopic (exact) mass is 319 g/mol. The van der Waals surface area contributed by atoms with Crippen molar-refractivity contribution >= 4 is 11.9 Å². The van der Waals surface area contributed by atoms with E-state index in [1.165, 1.54) is 0 Å². The number of nitrogens with zero attached hydrogens (tertiary/aromatic N) is 1. The highest BCUT2D eigenvalue weighted by molar-refractivity contribution is 6.03. The Kier molecular flexibility index (Phi) is 5.35. The number of ether oxygens (including phenoxy) is 3. The number of benzene rings is 1. The minimum Gasteiger partial charge on any atom is -0.497 e. The Morgan fingerprint density at radius 1 is 1.04 bits per heavy atom. The number of esters is 2. The predicted molar refractivity (Wildman–Crippen MR) is 80.4 cm³/mol. The molecule has 2 aromatic rings. The highest BCUT2D eigenvalue weighted by Gasteiger charge is 2.29. The lowest BCUT2D eigenvalue weighted by Gasteiger charge is -2.05. The van der Waals surface area contributed by atoms with Crippen LogP contribution in [0.3, 0.4) is 0 Å². The molecule has 0 aliphatic rings. The van der Waals surface area contributed by atoms with Gasteiger partial charge in [0.25, 0.3) is 5.76 Å². The van der Waals surface area contributed by atoms with Crippen molar-refractivity contribution in [2.45, 2.75) is 13.8 Å². The average molecular weight is 319 g/mol. The minimum absolute atomic E-state index is 0.0694. The molecule has 1 heterocycles. The number of carbonyl (C=O) groups excluding carboxylic acids is 2. The first kappa shape index (κ1) is 16.5. The lowest BCUT2D eigenvalue weighted by atomic mass is 10.0. The largest absolute Gasteiger partial charge is 0.497 e. The predicted octanol–water partition coefficient (Wildman–Crippen LogP) is 2.70. The summed E-state index contributed by atoms with van der Waals surface area (Å²) in [5.74, 6) is -0.861. The zero-order valence-corrected chi connectivity index (χ0v) is 13.1. The molecule has 0 atom stereocenters. The van der Waals surface area contributed by atoms with Crippen molar-refractivity contribution in [2.24, 2.45) is 0 Å². The van der Waals surface area contributed by atoms with Gasteiger partial charge in [-0.25, -0.2) is 9.59 Å². The smallest absolute Gasteiger partial charge is 0.377 e. The Morgan fingerprint density at radius 2 is 1.65 bits per heavy atom. The summed E-state index contributed by atoms with van der Waals surface area (Å²) in [5.41, 5.74) is 0.739. The molecule has 0 aliphatic heterocycles. The molecule has 7 heteroatoms. The van der Waals surface area contributed by atoms with Crippen LogP contribution in [0.2, 0.25) is 0 Å². The first-order chi connectivity index (χ1) is 11.1. The van der Waals surface area contributed by atoms with E-state index < -0.39 is 11.9 Å². The summed E-state index contributed by atoms with van der Waals surface area (Å²) in [6.07, 6.45) is 0. The summed E-state index contributed by atoms with van der Waals surface area (Å²) in [6, 6.07) is 6.78. The Bertz CT molecular complexity index is 654. The van der Waals surface area contributed by atoms with Crippen LogP contribution in [0.25, 0.3) is 11.1 Å². The molecule has 0 fully saturated rings. The van der Waals surface area contributed by atoms with E-state index in [1.54, 1.807) is 45.2 Å². The number of rotatable bonds is 6. The van der Waals surface area contributed by atoms with Crippen LogP contribution >= 0.6 is 0 Å². The van der Waals surface area contributed by atoms with E-state index in [1.807, 2.05) is 0 Å². The summed E-state index contributed by atoms with van der Waals surface area (Å²) in [7, 11) is 1.54. The summed E-state index contributed by atoms with van der Waals surface area (Å²) < 4.78 is 20.0. The Hall–Kier alpha value is -2.83. The van der Waals surface area contributed by atoms with Crippen LogP contribution in [0.15, 0.2) is 28.8 Å². The maximum Gasteiger partial charge on any atom is 0.377 e. The van der Waals surface area contributed by atoms with Crippen LogP contribution in [-0.4, -0.2) is 37.4 Å². The molecule has 0 radical (unpaired) electrons. The minimum atomic E-state index is -0.693. The molecule has 1 aromatic carbocycles. The number of aromatic nitrogens is 1. The van der Waals surface area contributed by atoms with E-state index in [4.69, 9.17) is 18.7 Å². The van der Waals surface area contributed by atoms with Gasteiger partial charge in [-0.15, -0.1) is 0 Å². The third-order valence-electron chi connectivity index (χ3n) is 3.00. The second kappa shape index (κ2) is 7.44. The van der Waals surface area contributed by atoms with Crippen LogP contribution in [0.1, 0.15) is 34.9 Å². The topological polar surface area (TPSA) is 87.9 Å². The number of hydrogen-bond acceptors (Lipinski definition) is 7. The van der Waals surface area contributed by atoms with Gasteiger partial charge < -0.3 is 18.7 Å². The van der Waals surface area contributed by atoms with Gasteiger partial charge in [0.1, 0.15) is 5.75 Å². The molecule has 1 aromatic heterocycles. The molecule has 23 heavy (non-hydrogen) atoms. The molecule has 0 spiro atoms. The highest BCUT2D eigenvalue weighted by Crippen LogP contribution is 2.30. The fourth-order valence-corrected chi connectivity index (χ4v) is 1.99. The lowest BCUT2D eigenvalue weighted by Crippen LogP contribution is -2.09. The Morgan fingerprint density at radius 3 is 2.22 bits per heavy atom. The van der Waals surface area contributed by atoms with Crippen LogP contribution in [-0.2, 0) is 9.47 Å². The standard InChI is InChI=1S/C16H17NO6/c1-4-21-15(18)13-12(10-6-8-11(20-3)9-7-10)14(23-17-13)16(19)22-5-2/h6-9H,4-5H2,1-3H3. The van der Waals surface area contributed by atoms with E-state index in [0.717, 1.165) is 0 Å². The molecular formula is C16H17NO6. The van der Waals surface area contributed by atoms with Crippen molar-refractivity contribution < 1.29 is 28.3 Å². The summed E-state index contributed by atoms with van der Waals surface area (Å²) in [4.78, 5) is 24.1. The van der Waals surface area contributed by atoms with E-state index in [2.05, 4.69) is 5.16 Å². The fourth-order valence-electron chi connectivity index (χ4n) is 1.99. The van der Waals surface area contributed by atoms with Gasteiger partial charge in [0.05, 0.1) is 25.9 Å². The fraction of sp³-hybridized carbons (Fsp3) is 0.312. The van der Waals surface area contributed by atoms with Crippen molar-refractivity contribution in [3.05, 3.63) is 35.7 Å². The quantitative estimate of drug-likeness (QED) is 0.756. The molecule has 0 N–H and O–H groups in total. The van der Waals surface area contributed by atoms with E-state index in [-0.39, 0.29) is 30.2 Å². The molecule has 0 aliphatic carbocycles. The van der Waals surface area contributed by atoms with Crippen molar-refractivity contribution in [2.75, 3.05) is 20.3 Å². The summed E-state index contributed by atoms with van der Waals surface area (Å²) in [5, 5.41) is 3.68. The van der Waals surface area contributed by atoms with Gasteiger partial charge >= 0.3 is 11.9 Å². The van der Waals surface area contributed by atoms with Gasteiger partial charge in [-0.1, -0.05) is 17.3 Å². The number of carbonyl (C=O) groups is 2. The van der Waals surface area contributed by atoms with Crippen LogP contribution in [0, 0.1) is 0 Å². The lowest BCUT2D eigenvalue weighted by molar-refractivity contribution is 0.0471. The van der Waals surface area contributed by atoms with E-state index in [0.29, 0.717) is 11.3 Å². The van der Waals surface area contributed by atoms with Gasteiger partial charge in [0.15, 0.2) is 5.69 Å². The second-order valence-electron chi connectivity index (χ2n) is 4.40. The molecule has 122 valence electrons. The molecular weight excluding hydrogens is 302 g/mol. The van der Waals surface area contributed by atoms with Crippen LogP contribution in [0.4, 0.5) is 0 Å². The maximum absolute atomic E-state index is 12.0. The summed E-state index contributed by atoms with van der Waals surface area (Å²) in [6.45, 7) is 3.71. The average Bonchev–Trinajstić information content (AvgIpc) is 3.00.